The number of alkyl halides is 2. The molecule has 0 radical (unpaired) electrons. The van der Waals surface area contributed by atoms with Crippen molar-refractivity contribution in [3.63, 3.8) is 0 Å². The lowest BCUT2D eigenvalue weighted by molar-refractivity contribution is -0.161. The van der Waals surface area contributed by atoms with Gasteiger partial charge < -0.3 is 31.3 Å². The van der Waals surface area contributed by atoms with Crippen molar-refractivity contribution in [3.05, 3.63) is 0 Å². The summed E-state index contributed by atoms with van der Waals surface area (Å²) in [5, 5.41) is 7.93. The molecule has 2 aliphatic carbocycles. The van der Waals surface area contributed by atoms with Crippen LogP contribution >= 0.6 is 23.2 Å². The maximum absolute atomic E-state index is 14.2. The van der Waals surface area contributed by atoms with E-state index in [-0.39, 0.29) is 25.3 Å². The fraction of sp³-hybridized carbons (Fsp3) is 0.793. The Kier molecular flexibility index (Phi) is 9.79. The minimum absolute atomic E-state index is 0.0466. The Bertz CT molecular complexity index is 1170. The van der Waals surface area contributed by atoms with Crippen LogP contribution in [0.3, 0.4) is 0 Å². The minimum atomic E-state index is -1.42. The normalized spacial score (nSPS) is 24.5. The predicted octanol–water partition coefficient (Wildman–Crippen LogP) is 2.18. The van der Waals surface area contributed by atoms with Gasteiger partial charge in [-0.3, -0.25) is 19.2 Å². The molecule has 3 rings (SSSR count). The summed E-state index contributed by atoms with van der Waals surface area (Å²) in [7, 11) is 0. The molecule has 1 heterocycles. The number of primary amides is 1. The predicted molar refractivity (Wildman–Crippen MR) is 160 cm³/mol. The molecule has 1 unspecified atom stereocenters. The first-order chi connectivity index (χ1) is 19.4. The van der Waals surface area contributed by atoms with Crippen molar-refractivity contribution in [3.8, 4) is 0 Å². The summed E-state index contributed by atoms with van der Waals surface area (Å²) in [6.45, 7) is 13.4. The number of likely N-dealkylation sites (tertiary alicyclic amines) is 1. The molecule has 242 valence electrons. The number of esters is 1. The van der Waals surface area contributed by atoms with Crippen molar-refractivity contribution in [1.82, 2.24) is 20.9 Å². The molecule has 0 aromatic heterocycles. The third-order valence-corrected chi connectivity index (χ3v) is 8.99. The highest BCUT2D eigenvalue weighted by molar-refractivity contribution is 6.49. The van der Waals surface area contributed by atoms with Crippen LogP contribution in [0.4, 0.5) is 4.79 Å². The first kappa shape index (κ1) is 34.9. The van der Waals surface area contributed by atoms with Crippen molar-refractivity contribution < 1.29 is 33.5 Å². The lowest BCUT2D eigenvalue weighted by Gasteiger charge is -2.44. The summed E-state index contributed by atoms with van der Waals surface area (Å²) in [6, 6.07) is -4.07. The Balaban J connectivity index is 1.84. The number of rotatable bonds is 10. The Morgan fingerprint density at radius 3 is 2.02 bits per heavy atom. The van der Waals surface area contributed by atoms with Gasteiger partial charge in [-0.05, 0) is 64.7 Å². The molecule has 1 aliphatic heterocycles. The molecule has 3 fully saturated rings. The lowest BCUT2D eigenvalue weighted by atomic mass is 9.71. The third kappa shape index (κ3) is 8.32. The van der Waals surface area contributed by atoms with Gasteiger partial charge in [0.25, 0.3) is 5.91 Å². The van der Waals surface area contributed by atoms with Crippen molar-refractivity contribution in [1.29, 1.82) is 0 Å². The Hall–Kier alpha value is -2.60. The van der Waals surface area contributed by atoms with Gasteiger partial charge in [-0.1, -0.05) is 33.6 Å². The van der Waals surface area contributed by atoms with Crippen molar-refractivity contribution in [2.24, 2.45) is 28.9 Å². The van der Waals surface area contributed by atoms with E-state index in [0.29, 0.717) is 0 Å². The van der Waals surface area contributed by atoms with Gasteiger partial charge in [-0.15, -0.1) is 23.2 Å². The van der Waals surface area contributed by atoms with E-state index in [1.165, 1.54) is 18.7 Å². The van der Waals surface area contributed by atoms with Crippen LogP contribution in [0.25, 0.3) is 0 Å². The number of urea groups is 1. The zero-order valence-electron chi connectivity index (χ0n) is 26.1. The first-order valence-corrected chi connectivity index (χ1v) is 15.3. The van der Waals surface area contributed by atoms with Gasteiger partial charge in [0.15, 0.2) is 0 Å². The van der Waals surface area contributed by atoms with E-state index in [4.69, 9.17) is 33.7 Å². The average molecular weight is 647 g/mol. The van der Waals surface area contributed by atoms with Crippen LogP contribution in [0, 0.1) is 23.2 Å². The van der Waals surface area contributed by atoms with E-state index in [0.717, 1.165) is 12.8 Å². The van der Waals surface area contributed by atoms with Crippen LogP contribution in [0.15, 0.2) is 0 Å². The lowest BCUT2D eigenvalue weighted by Crippen LogP contribution is -2.63. The standard InChI is InChI=1S/C29H45Cl2N5O7/c1-26(2,3)20(34-25(42)35-28(7,8)24(41)43-27(4,5)6)23(40)36-13-16-15(12-29(16,30)31)18(36)22(39)33-17(11-14-9-10-14)19(37)21(32)38/h14-18,20H,9-13H2,1-8H3,(H2,32,38)(H,33,39)(H2,34,35,42)/t15-,16-,17?,18-,20+/m0/s1. The number of nitrogens with one attached hydrogen (secondary N) is 3. The van der Waals surface area contributed by atoms with E-state index in [1.807, 2.05) is 0 Å². The molecule has 14 heteroatoms. The summed E-state index contributed by atoms with van der Waals surface area (Å²) >= 11 is 13.0. The number of carbonyl (C=O) groups is 6. The average Bonchev–Trinajstić information content (AvgIpc) is 3.58. The quantitative estimate of drug-likeness (QED) is 0.160. The minimum Gasteiger partial charge on any atom is -0.458 e. The van der Waals surface area contributed by atoms with Crippen LogP contribution < -0.4 is 21.7 Å². The van der Waals surface area contributed by atoms with Crippen LogP contribution in [0.1, 0.15) is 81.1 Å². The van der Waals surface area contributed by atoms with E-state index < -0.39 is 86.4 Å². The number of hydrogen-bond donors (Lipinski definition) is 4. The molecule has 0 spiro atoms. The molecular weight excluding hydrogens is 601 g/mol. The van der Waals surface area contributed by atoms with Gasteiger partial charge in [0.2, 0.25) is 17.6 Å². The number of nitrogens with two attached hydrogens (primary N) is 1. The topological polar surface area (TPSA) is 177 Å². The van der Waals surface area contributed by atoms with E-state index in [2.05, 4.69) is 16.0 Å². The van der Waals surface area contributed by atoms with Gasteiger partial charge in [0, 0.05) is 12.5 Å². The molecule has 5 amide bonds. The monoisotopic (exact) mass is 645 g/mol. The van der Waals surface area contributed by atoms with Crippen molar-refractivity contribution in [2.75, 3.05) is 6.54 Å². The Morgan fingerprint density at radius 2 is 1.56 bits per heavy atom. The van der Waals surface area contributed by atoms with Gasteiger partial charge in [-0.2, -0.15) is 0 Å². The first-order valence-electron chi connectivity index (χ1n) is 14.6. The second-order valence-corrected chi connectivity index (χ2v) is 16.2. The summed E-state index contributed by atoms with van der Waals surface area (Å²) in [4.78, 5) is 79.3. The van der Waals surface area contributed by atoms with Crippen LogP contribution in [0.5, 0.6) is 0 Å². The summed E-state index contributed by atoms with van der Waals surface area (Å²) in [5.74, 6) is -4.51. The third-order valence-electron chi connectivity index (χ3n) is 8.12. The molecule has 1 saturated heterocycles. The zero-order chi connectivity index (χ0) is 32.9. The number of carbonyl (C=O) groups excluding carboxylic acids is 6. The Labute approximate surface area is 262 Å². The molecule has 5 atom stereocenters. The molecule has 2 saturated carbocycles. The highest BCUT2D eigenvalue weighted by Crippen LogP contribution is 2.58. The second kappa shape index (κ2) is 12.1. The van der Waals surface area contributed by atoms with Gasteiger partial charge in [0.1, 0.15) is 27.6 Å². The van der Waals surface area contributed by atoms with E-state index >= 15 is 0 Å². The number of hydrogen-bond acceptors (Lipinski definition) is 7. The van der Waals surface area contributed by atoms with Gasteiger partial charge >= 0.3 is 12.0 Å². The number of amides is 5. The summed E-state index contributed by atoms with van der Waals surface area (Å²) in [6.07, 6.45) is 2.27. The van der Waals surface area contributed by atoms with Gasteiger partial charge in [0.05, 0.1) is 6.04 Å². The number of Topliss-reactive ketones (excluding diaryl/α,β-unsaturated/α-hetero) is 1. The molecule has 5 N–H and O–H groups in total. The molecule has 12 nitrogen and oxygen atoms in total. The van der Waals surface area contributed by atoms with Crippen LogP contribution in [0.2, 0.25) is 0 Å². The van der Waals surface area contributed by atoms with Crippen LogP contribution in [-0.4, -0.2) is 80.5 Å². The highest BCUT2D eigenvalue weighted by Gasteiger charge is 2.64. The fourth-order valence-corrected chi connectivity index (χ4v) is 6.37. The molecule has 0 aromatic carbocycles. The second-order valence-electron chi connectivity index (χ2n) is 14.7. The zero-order valence-corrected chi connectivity index (χ0v) is 27.6. The summed E-state index contributed by atoms with van der Waals surface area (Å²) < 4.78 is 4.25. The number of nitrogens with zero attached hydrogens (tertiary/aromatic N) is 1. The van der Waals surface area contributed by atoms with Crippen LogP contribution in [-0.2, 0) is 28.7 Å². The number of ether oxygens (including phenoxy) is 1. The largest absolute Gasteiger partial charge is 0.458 e. The Morgan fingerprint density at radius 1 is 0.977 bits per heavy atom. The van der Waals surface area contributed by atoms with E-state index in [9.17, 15) is 28.8 Å². The molecule has 43 heavy (non-hydrogen) atoms. The molecular formula is C29H45Cl2N5O7. The fourth-order valence-electron chi connectivity index (χ4n) is 5.55. The molecule has 0 aromatic rings. The molecule has 0 bridgehead atoms. The maximum Gasteiger partial charge on any atom is 0.331 e. The SMILES string of the molecule is CC(C)(C)OC(=O)C(C)(C)NC(=O)N[C@H](C(=O)N1C[C@H]2[C@H](CC2(Cl)Cl)[C@H]1C(=O)NC(CC1CC1)C(=O)C(N)=O)C(C)(C)C. The smallest absolute Gasteiger partial charge is 0.331 e. The number of halogens is 2. The van der Waals surface area contributed by atoms with Crippen molar-refractivity contribution in [2.45, 2.75) is 115 Å². The highest BCUT2D eigenvalue weighted by atomic mass is 35.5. The summed E-state index contributed by atoms with van der Waals surface area (Å²) in [5.41, 5.74) is 2.22. The number of fused-ring (bicyclic) bond motifs is 1. The van der Waals surface area contributed by atoms with Gasteiger partial charge in [-0.25, -0.2) is 9.59 Å². The van der Waals surface area contributed by atoms with E-state index in [1.54, 1.807) is 41.5 Å². The molecule has 3 aliphatic rings. The maximum atomic E-state index is 14.2. The number of ketones is 1. The van der Waals surface area contributed by atoms with Crippen molar-refractivity contribution >= 4 is 58.7 Å².